The van der Waals surface area contributed by atoms with E-state index in [0.717, 1.165) is 6.42 Å². The highest BCUT2D eigenvalue weighted by atomic mass is 14.6. The van der Waals surface area contributed by atoms with Crippen LogP contribution in [-0.4, -0.2) is 0 Å². The molecule has 0 amide bonds. The van der Waals surface area contributed by atoms with Crippen LogP contribution >= 0.6 is 0 Å². The first-order valence-electron chi connectivity index (χ1n) is 5.64. The van der Waals surface area contributed by atoms with Gasteiger partial charge in [-0.25, -0.2) is 0 Å². The molecule has 2 N–H and O–H groups in total. The van der Waals surface area contributed by atoms with Gasteiger partial charge in [-0.3, -0.25) is 0 Å². The van der Waals surface area contributed by atoms with E-state index in [4.69, 9.17) is 5.73 Å². The molecule has 0 heterocycles. The zero-order valence-electron chi connectivity index (χ0n) is 9.56. The van der Waals surface area contributed by atoms with Crippen LogP contribution in [0.5, 0.6) is 0 Å². The summed E-state index contributed by atoms with van der Waals surface area (Å²) in [5, 5.41) is 0. The molecule has 0 aliphatic heterocycles. The maximum absolute atomic E-state index is 5.88. The summed E-state index contributed by atoms with van der Waals surface area (Å²) in [6.07, 6.45) is 0.974. The molecule has 0 aromatic heterocycles. The van der Waals surface area contributed by atoms with Crippen LogP contribution in [0.2, 0.25) is 0 Å². The third-order valence-electron chi connectivity index (χ3n) is 2.73. The molecule has 0 saturated carbocycles. The lowest BCUT2D eigenvalue weighted by molar-refractivity contribution is 0.816. The molecular formula is C15H17N. The van der Waals surface area contributed by atoms with Crippen molar-refractivity contribution in [1.82, 2.24) is 0 Å². The molecule has 0 aliphatic rings. The smallest absolute Gasteiger partial charge is 0.0266 e. The van der Waals surface area contributed by atoms with Crippen LogP contribution in [0.4, 0.5) is 0 Å². The van der Waals surface area contributed by atoms with Crippen LogP contribution in [0.25, 0.3) is 0 Å². The molecule has 0 radical (unpaired) electrons. The van der Waals surface area contributed by atoms with E-state index in [1.54, 1.807) is 0 Å². The van der Waals surface area contributed by atoms with Crippen molar-refractivity contribution in [2.75, 3.05) is 0 Å². The Balaban J connectivity index is 2.19. The molecule has 0 saturated heterocycles. The van der Waals surface area contributed by atoms with Gasteiger partial charge < -0.3 is 5.73 Å². The first-order chi connectivity index (χ1) is 7.75. The van der Waals surface area contributed by atoms with Crippen molar-refractivity contribution in [1.29, 1.82) is 0 Å². The molecule has 0 bridgehead atoms. The summed E-state index contributed by atoms with van der Waals surface area (Å²) < 4.78 is 0. The first-order valence-corrected chi connectivity index (χ1v) is 5.64. The molecular weight excluding hydrogens is 194 g/mol. The lowest BCUT2D eigenvalue weighted by atomic mass is 10.0. The number of hydrogen-bond acceptors (Lipinski definition) is 1. The lowest BCUT2D eigenvalue weighted by Gasteiger charge is -2.08. The largest absolute Gasteiger partial charge is 0.324 e. The minimum Gasteiger partial charge on any atom is -0.324 e. The zero-order valence-corrected chi connectivity index (χ0v) is 9.56. The van der Waals surface area contributed by atoms with E-state index in [2.05, 4.69) is 48.5 Å². The van der Waals surface area contributed by atoms with Gasteiger partial charge >= 0.3 is 0 Å². The molecule has 2 aromatic rings. The monoisotopic (exact) mass is 211 g/mol. The van der Waals surface area contributed by atoms with Crippen molar-refractivity contribution in [3.05, 3.63) is 71.3 Å². The lowest BCUT2D eigenvalue weighted by Crippen LogP contribution is -2.05. The summed E-state index contributed by atoms with van der Waals surface area (Å²) in [6.45, 7) is 2.02. The average Bonchev–Trinajstić information content (AvgIpc) is 2.30. The number of hydrogen-bond donors (Lipinski definition) is 1. The predicted octanol–water partition coefficient (Wildman–Crippen LogP) is 3.30. The normalized spacial score (nSPS) is 12.4. The van der Waals surface area contributed by atoms with Crippen molar-refractivity contribution in [3.8, 4) is 0 Å². The van der Waals surface area contributed by atoms with Gasteiger partial charge in [0.2, 0.25) is 0 Å². The molecule has 2 aromatic carbocycles. The Kier molecular flexibility index (Phi) is 3.37. The van der Waals surface area contributed by atoms with E-state index in [9.17, 15) is 0 Å². The Morgan fingerprint density at radius 2 is 1.62 bits per heavy atom. The maximum atomic E-state index is 5.88. The van der Waals surface area contributed by atoms with Gasteiger partial charge in [0.25, 0.3) is 0 Å². The first kappa shape index (κ1) is 10.9. The molecule has 1 heteroatoms. The second kappa shape index (κ2) is 4.95. The molecule has 1 nitrogen and oxygen atoms in total. The molecule has 0 aliphatic carbocycles. The van der Waals surface area contributed by atoms with E-state index >= 15 is 0 Å². The highest BCUT2D eigenvalue weighted by Gasteiger charge is 2.01. The van der Waals surface area contributed by atoms with Gasteiger partial charge in [-0.1, -0.05) is 54.6 Å². The summed E-state index contributed by atoms with van der Waals surface area (Å²) in [5.74, 6) is 0. The summed E-state index contributed by atoms with van der Waals surface area (Å²) in [7, 11) is 0. The predicted molar refractivity (Wildman–Crippen MR) is 68.3 cm³/mol. The van der Waals surface area contributed by atoms with Crippen LogP contribution in [0.15, 0.2) is 54.6 Å². The fourth-order valence-electron chi connectivity index (χ4n) is 1.82. The molecule has 1 unspecified atom stereocenters. The number of nitrogens with two attached hydrogens (primary N) is 1. The number of rotatable bonds is 3. The Morgan fingerprint density at radius 3 is 2.31 bits per heavy atom. The third-order valence-corrected chi connectivity index (χ3v) is 2.73. The Hall–Kier alpha value is -1.60. The molecule has 2 rings (SSSR count). The SMILES string of the molecule is CC(N)c1cccc(Cc2ccccc2)c1. The summed E-state index contributed by atoms with van der Waals surface area (Å²) >= 11 is 0. The average molecular weight is 211 g/mol. The van der Waals surface area contributed by atoms with Gasteiger partial charge in [-0.05, 0) is 30.0 Å². The van der Waals surface area contributed by atoms with Crippen molar-refractivity contribution >= 4 is 0 Å². The van der Waals surface area contributed by atoms with Gasteiger partial charge in [0, 0.05) is 6.04 Å². The van der Waals surface area contributed by atoms with E-state index < -0.39 is 0 Å². The Labute approximate surface area is 96.9 Å². The molecule has 82 valence electrons. The number of benzene rings is 2. The van der Waals surface area contributed by atoms with Crippen LogP contribution < -0.4 is 5.73 Å². The van der Waals surface area contributed by atoms with Gasteiger partial charge in [-0.2, -0.15) is 0 Å². The third kappa shape index (κ3) is 2.71. The summed E-state index contributed by atoms with van der Waals surface area (Å²) in [6, 6.07) is 19.1. The van der Waals surface area contributed by atoms with Crippen molar-refractivity contribution in [3.63, 3.8) is 0 Å². The van der Waals surface area contributed by atoms with Crippen LogP contribution in [0, 0.1) is 0 Å². The molecule has 1 atom stereocenters. The van der Waals surface area contributed by atoms with Crippen LogP contribution in [-0.2, 0) is 6.42 Å². The standard InChI is InChI=1S/C15H17N/c1-12(16)15-9-5-8-14(11-15)10-13-6-3-2-4-7-13/h2-9,11-12H,10,16H2,1H3. The highest BCUT2D eigenvalue weighted by Crippen LogP contribution is 2.15. The minimum absolute atomic E-state index is 0.107. The fourth-order valence-corrected chi connectivity index (χ4v) is 1.82. The fraction of sp³-hybridized carbons (Fsp3) is 0.200. The molecule has 0 fully saturated rings. The Morgan fingerprint density at radius 1 is 0.938 bits per heavy atom. The molecule has 16 heavy (non-hydrogen) atoms. The van der Waals surface area contributed by atoms with Crippen molar-refractivity contribution in [2.24, 2.45) is 5.73 Å². The highest BCUT2D eigenvalue weighted by molar-refractivity contribution is 5.30. The minimum atomic E-state index is 0.107. The second-order valence-corrected chi connectivity index (χ2v) is 4.20. The molecule has 0 spiro atoms. The quantitative estimate of drug-likeness (QED) is 0.828. The van der Waals surface area contributed by atoms with Gasteiger partial charge in [0.1, 0.15) is 0 Å². The van der Waals surface area contributed by atoms with E-state index in [-0.39, 0.29) is 6.04 Å². The van der Waals surface area contributed by atoms with E-state index in [0.29, 0.717) is 0 Å². The van der Waals surface area contributed by atoms with Crippen molar-refractivity contribution in [2.45, 2.75) is 19.4 Å². The Bertz CT molecular complexity index is 446. The summed E-state index contributed by atoms with van der Waals surface area (Å²) in [4.78, 5) is 0. The van der Waals surface area contributed by atoms with Crippen LogP contribution in [0.1, 0.15) is 29.7 Å². The topological polar surface area (TPSA) is 26.0 Å². The van der Waals surface area contributed by atoms with E-state index in [1.807, 2.05) is 13.0 Å². The summed E-state index contributed by atoms with van der Waals surface area (Å²) in [5.41, 5.74) is 9.74. The zero-order chi connectivity index (χ0) is 11.4. The van der Waals surface area contributed by atoms with Gasteiger partial charge in [0.05, 0.1) is 0 Å². The van der Waals surface area contributed by atoms with Gasteiger partial charge in [-0.15, -0.1) is 0 Å². The van der Waals surface area contributed by atoms with Gasteiger partial charge in [0.15, 0.2) is 0 Å². The maximum Gasteiger partial charge on any atom is 0.0266 e. The second-order valence-electron chi connectivity index (χ2n) is 4.20. The van der Waals surface area contributed by atoms with Crippen molar-refractivity contribution < 1.29 is 0 Å². The van der Waals surface area contributed by atoms with E-state index in [1.165, 1.54) is 16.7 Å². The van der Waals surface area contributed by atoms with Crippen LogP contribution in [0.3, 0.4) is 0 Å².